The highest BCUT2D eigenvalue weighted by atomic mass is 35.5. The third-order valence-electron chi connectivity index (χ3n) is 4.30. The fraction of sp³-hybridized carbons (Fsp3) is 0.389. The smallest absolute Gasteiger partial charge is 0.278 e. The highest BCUT2D eigenvalue weighted by Crippen LogP contribution is 2.36. The number of halogens is 4. The molecule has 3 rings (SSSR count). The van der Waals surface area contributed by atoms with E-state index < -0.39 is 12.5 Å². The first kappa shape index (κ1) is 18.4. The first-order chi connectivity index (χ1) is 11.7. The number of alkyl halides is 2. The summed E-state index contributed by atoms with van der Waals surface area (Å²) < 4.78 is 31.0. The van der Waals surface area contributed by atoms with Crippen molar-refractivity contribution >= 4 is 23.2 Å². The zero-order chi connectivity index (χ0) is 18.2. The Kier molecular flexibility index (Phi) is 5.19. The number of nitrogens with zero attached hydrogens (tertiary/aromatic N) is 2. The van der Waals surface area contributed by atoms with Gasteiger partial charge in [-0.05, 0) is 36.2 Å². The lowest BCUT2D eigenvalue weighted by atomic mass is 10.1. The van der Waals surface area contributed by atoms with Crippen molar-refractivity contribution in [1.29, 1.82) is 0 Å². The molecule has 1 aliphatic rings. The molecule has 0 saturated heterocycles. The van der Waals surface area contributed by atoms with Crippen molar-refractivity contribution in [2.75, 3.05) is 6.61 Å². The molecule has 3 nitrogen and oxygen atoms in total. The molecule has 0 saturated carbocycles. The average molecular weight is 387 g/mol. The molecular formula is C18H18Cl2F2N2O. The summed E-state index contributed by atoms with van der Waals surface area (Å²) in [4.78, 5) is 6.38. The SMILES string of the molecule is CC(c1ccc(OCC(C)(F)F)c(Cl)c1)N1Cc2ccnc(Cl)c2C1. The standard InChI is InChI=1S/C18H18Cl2F2N2O/c1-11(24-8-13-5-6-23-17(20)14(13)9-24)12-3-4-16(15(19)7-12)25-10-18(2,21)22/h3-7,11H,8-10H2,1-2H3. The Balaban J connectivity index is 1.72. The van der Waals surface area contributed by atoms with Gasteiger partial charge in [-0.2, -0.15) is 0 Å². The lowest BCUT2D eigenvalue weighted by Crippen LogP contribution is -2.22. The van der Waals surface area contributed by atoms with E-state index >= 15 is 0 Å². The summed E-state index contributed by atoms with van der Waals surface area (Å²) in [6.45, 7) is 3.66. The molecule has 134 valence electrons. The lowest BCUT2D eigenvalue weighted by molar-refractivity contribution is -0.0229. The summed E-state index contributed by atoms with van der Waals surface area (Å²) in [5.41, 5.74) is 3.20. The van der Waals surface area contributed by atoms with Crippen molar-refractivity contribution in [3.8, 4) is 5.75 Å². The van der Waals surface area contributed by atoms with Crippen LogP contribution >= 0.6 is 23.2 Å². The first-order valence-electron chi connectivity index (χ1n) is 7.91. The Bertz CT molecular complexity index is 780. The predicted octanol–water partition coefficient (Wildman–Crippen LogP) is 5.50. The molecule has 2 aromatic rings. The molecule has 0 aliphatic carbocycles. The number of benzene rings is 1. The van der Waals surface area contributed by atoms with Crippen molar-refractivity contribution in [3.05, 3.63) is 57.3 Å². The first-order valence-corrected chi connectivity index (χ1v) is 8.66. The van der Waals surface area contributed by atoms with Crippen LogP contribution in [0.3, 0.4) is 0 Å². The van der Waals surface area contributed by atoms with Crippen molar-refractivity contribution in [2.45, 2.75) is 38.9 Å². The van der Waals surface area contributed by atoms with Gasteiger partial charge in [0.2, 0.25) is 0 Å². The van der Waals surface area contributed by atoms with E-state index in [1.165, 1.54) is 5.56 Å². The summed E-state index contributed by atoms with van der Waals surface area (Å²) in [5, 5.41) is 0.861. The van der Waals surface area contributed by atoms with E-state index in [2.05, 4.69) is 16.8 Å². The van der Waals surface area contributed by atoms with E-state index in [-0.39, 0.29) is 11.8 Å². The summed E-state index contributed by atoms with van der Waals surface area (Å²) in [6.07, 6.45) is 1.71. The maximum absolute atomic E-state index is 12.9. The van der Waals surface area contributed by atoms with Gasteiger partial charge in [0.1, 0.15) is 10.9 Å². The van der Waals surface area contributed by atoms with Gasteiger partial charge in [0.05, 0.1) is 5.02 Å². The van der Waals surface area contributed by atoms with Crippen LogP contribution in [0.25, 0.3) is 0 Å². The number of hydrogen-bond acceptors (Lipinski definition) is 3. The summed E-state index contributed by atoms with van der Waals surface area (Å²) >= 11 is 12.4. The van der Waals surface area contributed by atoms with Crippen LogP contribution in [0.1, 0.15) is 36.6 Å². The largest absolute Gasteiger partial charge is 0.486 e. The molecular weight excluding hydrogens is 369 g/mol. The molecule has 1 unspecified atom stereocenters. The van der Waals surface area contributed by atoms with Crippen molar-refractivity contribution in [1.82, 2.24) is 9.88 Å². The quantitative estimate of drug-likeness (QED) is 0.634. The van der Waals surface area contributed by atoms with Gasteiger partial charge in [0, 0.05) is 37.8 Å². The van der Waals surface area contributed by atoms with Gasteiger partial charge in [-0.25, -0.2) is 13.8 Å². The maximum atomic E-state index is 12.9. The molecule has 0 N–H and O–H groups in total. The summed E-state index contributed by atoms with van der Waals surface area (Å²) in [7, 11) is 0. The van der Waals surface area contributed by atoms with Gasteiger partial charge in [-0.3, -0.25) is 4.90 Å². The minimum atomic E-state index is -2.90. The molecule has 1 aromatic heterocycles. The van der Waals surface area contributed by atoms with Crippen molar-refractivity contribution in [3.63, 3.8) is 0 Å². The van der Waals surface area contributed by atoms with Gasteiger partial charge >= 0.3 is 0 Å². The molecule has 1 atom stereocenters. The molecule has 0 fully saturated rings. The van der Waals surface area contributed by atoms with Crippen molar-refractivity contribution in [2.24, 2.45) is 0 Å². The van der Waals surface area contributed by atoms with Gasteiger partial charge in [0.25, 0.3) is 5.92 Å². The van der Waals surface area contributed by atoms with Crippen LogP contribution < -0.4 is 4.74 Å². The van der Waals surface area contributed by atoms with Crippen LogP contribution in [0.4, 0.5) is 8.78 Å². The summed E-state index contributed by atoms with van der Waals surface area (Å²) in [5.74, 6) is -2.64. The lowest BCUT2D eigenvalue weighted by Gasteiger charge is -2.25. The Morgan fingerprint density at radius 3 is 2.68 bits per heavy atom. The zero-order valence-electron chi connectivity index (χ0n) is 13.9. The molecule has 25 heavy (non-hydrogen) atoms. The normalized spacial score (nSPS) is 15.9. The molecule has 7 heteroatoms. The van der Waals surface area contributed by atoms with Gasteiger partial charge < -0.3 is 4.74 Å². The molecule has 1 aliphatic heterocycles. The van der Waals surface area contributed by atoms with Crippen LogP contribution in [0.15, 0.2) is 30.5 Å². The van der Waals surface area contributed by atoms with E-state index in [0.29, 0.717) is 16.7 Å². The van der Waals surface area contributed by atoms with Crippen LogP contribution in [-0.2, 0) is 13.1 Å². The van der Waals surface area contributed by atoms with Gasteiger partial charge in [-0.1, -0.05) is 29.3 Å². The number of aromatic nitrogens is 1. The molecule has 0 radical (unpaired) electrons. The average Bonchev–Trinajstić information content (AvgIpc) is 2.97. The topological polar surface area (TPSA) is 25.4 Å². The fourth-order valence-electron chi connectivity index (χ4n) is 2.88. The third kappa shape index (κ3) is 4.22. The van der Waals surface area contributed by atoms with Crippen LogP contribution in [0.2, 0.25) is 10.2 Å². The second-order valence-electron chi connectivity index (χ2n) is 6.37. The Morgan fingerprint density at radius 2 is 2.04 bits per heavy atom. The minimum Gasteiger partial charge on any atom is -0.486 e. The van der Waals surface area contributed by atoms with Crippen LogP contribution in [0.5, 0.6) is 5.75 Å². The molecule has 0 amide bonds. The number of rotatable bonds is 5. The highest BCUT2D eigenvalue weighted by molar-refractivity contribution is 6.32. The zero-order valence-corrected chi connectivity index (χ0v) is 15.4. The Morgan fingerprint density at radius 1 is 1.28 bits per heavy atom. The van der Waals surface area contributed by atoms with Gasteiger partial charge in [-0.15, -0.1) is 0 Å². The van der Waals surface area contributed by atoms with E-state index in [4.69, 9.17) is 27.9 Å². The predicted molar refractivity (Wildman–Crippen MR) is 94.5 cm³/mol. The third-order valence-corrected chi connectivity index (χ3v) is 4.92. The second-order valence-corrected chi connectivity index (χ2v) is 7.13. The van der Waals surface area contributed by atoms with Crippen LogP contribution in [-0.4, -0.2) is 22.4 Å². The van der Waals surface area contributed by atoms with E-state index in [0.717, 1.165) is 24.6 Å². The monoisotopic (exact) mass is 386 g/mol. The molecule has 2 heterocycles. The maximum Gasteiger partial charge on any atom is 0.278 e. The number of ether oxygens (including phenoxy) is 1. The number of pyridine rings is 1. The Labute approximate surface area is 155 Å². The van der Waals surface area contributed by atoms with E-state index in [1.54, 1.807) is 18.3 Å². The second kappa shape index (κ2) is 7.06. The fourth-order valence-corrected chi connectivity index (χ4v) is 3.36. The van der Waals surface area contributed by atoms with Crippen LogP contribution in [0, 0.1) is 0 Å². The highest BCUT2D eigenvalue weighted by Gasteiger charge is 2.27. The number of hydrogen-bond donors (Lipinski definition) is 0. The number of fused-ring (bicyclic) bond motifs is 1. The Hall–Kier alpha value is -1.43. The molecule has 0 spiro atoms. The summed E-state index contributed by atoms with van der Waals surface area (Å²) in [6, 6.07) is 7.31. The van der Waals surface area contributed by atoms with Gasteiger partial charge in [0.15, 0.2) is 6.61 Å². The van der Waals surface area contributed by atoms with Crippen molar-refractivity contribution < 1.29 is 13.5 Å². The minimum absolute atomic E-state index is 0.0858. The molecule has 0 bridgehead atoms. The molecule has 1 aromatic carbocycles. The van der Waals surface area contributed by atoms with E-state index in [9.17, 15) is 8.78 Å². The van der Waals surface area contributed by atoms with E-state index in [1.807, 2.05) is 12.1 Å².